The van der Waals surface area contributed by atoms with Gasteiger partial charge in [0.2, 0.25) is 0 Å². The quantitative estimate of drug-likeness (QED) is 0.665. The first kappa shape index (κ1) is 12.4. The molecule has 0 fully saturated rings. The Balaban J connectivity index is 3.87. The fourth-order valence-electron chi connectivity index (χ4n) is 0.989. The Morgan fingerprint density at radius 1 is 1.62 bits per heavy atom. The molecule has 3 nitrogen and oxygen atoms in total. The molecule has 1 N–H and O–H groups in total. The molecule has 3 heteroatoms. The molecule has 0 heterocycles. The molecule has 0 aliphatic heterocycles. The van der Waals surface area contributed by atoms with Crippen molar-refractivity contribution in [3.8, 4) is 0 Å². The second-order valence-electron chi connectivity index (χ2n) is 3.44. The molecule has 13 heavy (non-hydrogen) atoms. The Morgan fingerprint density at radius 3 is 2.62 bits per heavy atom. The van der Waals surface area contributed by atoms with E-state index in [9.17, 15) is 4.79 Å². The van der Waals surface area contributed by atoms with Gasteiger partial charge in [0, 0.05) is 13.0 Å². The standard InChI is InChI=1S/C10H19O3/c1-4-8-13-10(3,5-2)7-6-9(11)12/h2,4-8H2,1,3H3,(H,11,12). The lowest BCUT2D eigenvalue weighted by Crippen LogP contribution is -2.29. The molecule has 0 aromatic rings. The Morgan fingerprint density at radius 2 is 2.23 bits per heavy atom. The van der Waals surface area contributed by atoms with Crippen molar-refractivity contribution in [2.75, 3.05) is 6.61 Å². The Hall–Kier alpha value is -0.570. The van der Waals surface area contributed by atoms with E-state index in [1.54, 1.807) is 0 Å². The lowest BCUT2D eigenvalue weighted by atomic mass is 9.97. The molecule has 0 rings (SSSR count). The number of hydrogen-bond donors (Lipinski definition) is 1. The highest BCUT2D eigenvalue weighted by Gasteiger charge is 2.23. The largest absolute Gasteiger partial charge is 0.481 e. The van der Waals surface area contributed by atoms with Gasteiger partial charge in [-0.25, -0.2) is 0 Å². The minimum absolute atomic E-state index is 0.149. The van der Waals surface area contributed by atoms with E-state index in [1.807, 2.05) is 13.8 Å². The third-order valence-electron chi connectivity index (χ3n) is 2.05. The van der Waals surface area contributed by atoms with Gasteiger partial charge in [-0.3, -0.25) is 4.79 Å². The summed E-state index contributed by atoms with van der Waals surface area (Å²) < 4.78 is 5.55. The molecule has 0 saturated carbocycles. The van der Waals surface area contributed by atoms with E-state index in [-0.39, 0.29) is 12.0 Å². The smallest absolute Gasteiger partial charge is 0.303 e. The van der Waals surface area contributed by atoms with Crippen LogP contribution in [0.25, 0.3) is 0 Å². The number of rotatable bonds is 7. The average molecular weight is 187 g/mol. The topological polar surface area (TPSA) is 46.5 Å². The van der Waals surface area contributed by atoms with Gasteiger partial charge in [0.25, 0.3) is 0 Å². The minimum Gasteiger partial charge on any atom is -0.481 e. The highest BCUT2D eigenvalue weighted by Crippen LogP contribution is 2.21. The molecule has 0 bridgehead atoms. The molecule has 1 unspecified atom stereocenters. The highest BCUT2D eigenvalue weighted by molar-refractivity contribution is 5.66. The molecule has 0 aliphatic carbocycles. The van der Waals surface area contributed by atoms with E-state index < -0.39 is 5.97 Å². The SMILES string of the molecule is [CH2]CC(C)(CCC(=O)O)OCCC. The third kappa shape index (κ3) is 5.64. The van der Waals surface area contributed by atoms with E-state index in [4.69, 9.17) is 9.84 Å². The van der Waals surface area contributed by atoms with Crippen LogP contribution in [0, 0.1) is 6.92 Å². The van der Waals surface area contributed by atoms with Crippen LogP contribution in [0.15, 0.2) is 0 Å². The van der Waals surface area contributed by atoms with Crippen LogP contribution in [0.5, 0.6) is 0 Å². The van der Waals surface area contributed by atoms with Gasteiger partial charge >= 0.3 is 5.97 Å². The molecule has 0 amide bonds. The summed E-state index contributed by atoms with van der Waals surface area (Å²) in [4.78, 5) is 10.4. The molecule has 1 radical (unpaired) electrons. The van der Waals surface area contributed by atoms with Gasteiger partial charge in [-0.1, -0.05) is 13.8 Å². The number of carboxylic acid groups (broad SMARTS) is 1. The van der Waals surface area contributed by atoms with Crippen LogP contribution in [0.4, 0.5) is 0 Å². The summed E-state index contributed by atoms with van der Waals surface area (Å²) in [5.41, 5.74) is -0.367. The number of hydrogen-bond acceptors (Lipinski definition) is 2. The van der Waals surface area contributed by atoms with E-state index >= 15 is 0 Å². The van der Waals surface area contributed by atoms with E-state index in [0.29, 0.717) is 19.4 Å². The number of carbonyl (C=O) groups is 1. The summed E-state index contributed by atoms with van der Waals surface area (Å²) in [7, 11) is 0. The fraction of sp³-hybridized carbons (Fsp3) is 0.800. The molecule has 0 spiro atoms. The average Bonchev–Trinajstić information content (AvgIpc) is 2.11. The van der Waals surface area contributed by atoms with Crippen LogP contribution in [-0.4, -0.2) is 23.3 Å². The number of carboxylic acids is 1. The minimum atomic E-state index is -0.778. The van der Waals surface area contributed by atoms with E-state index in [2.05, 4.69) is 6.92 Å². The van der Waals surface area contributed by atoms with Gasteiger partial charge in [0.05, 0.1) is 5.60 Å². The second kappa shape index (κ2) is 5.97. The normalized spacial score (nSPS) is 15.3. The van der Waals surface area contributed by atoms with Crippen molar-refractivity contribution in [3.63, 3.8) is 0 Å². The Kier molecular flexibility index (Phi) is 5.71. The van der Waals surface area contributed by atoms with Crippen LogP contribution in [0.3, 0.4) is 0 Å². The summed E-state index contributed by atoms with van der Waals surface area (Å²) in [6.45, 7) is 8.39. The maximum Gasteiger partial charge on any atom is 0.303 e. The van der Waals surface area contributed by atoms with Crippen molar-refractivity contribution < 1.29 is 14.6 Å². The Bertz CT molecular complexity index is 156. The fourth-order valence-corrected chi connectivity index (χ4v) is 0.989. The van der Waals surface area contributed by atoms with Gasteiger partial charge in [-0.05, 0) is 26.2 Å². The zero-order valence-corrected chi connectivity index (χ0v) is 8.51. The van der Waals surface area contributed by atoms with Crippen molar-refractivity contribution in [1.82, 2.24) is 0 Å². The summed E-state index contributed by atoms with van der Waals surface area (Å²) >= 11 is 0. The highest BCUT2D eigenvalue weighted by atomic mass is 16.5. The molecule has 0 saturated heterocycles. The first-order chi connectivity index (χ1) is 6.04. The van der Waals surface area contributed by atoms with Crippen LogP contribution in [-0.2, 0) is 9.53 Å². The summed E-state index contributed by atoms with van der Waals surface area (Å²) in [5.74, 6) is -0.778. The summed E-state index contributed by atoms with van der Waals surface area (Å²) in [6, 6.07) is 0. The first-order valence-corrected chi connectivity index (χ1v) is 4.69. The second-order valence-corrected chi connectivity index (χ2v) is 3.44. The first-order valence-electron chi connectivity index (χ1n) is 4.69. The maximum absolute atomic E-state index is 10.4. The molecule has 0 aromatic carbocycles. The number of aliphatic carboxylic acids is 1. The molecular weight excluding hydrogens is 168 g/mol. The van der Waals surface area contributed by atoms with Crippen LogP contribution >= 0.6 is 0 Å². The molecule has 77 valence electrons. The molecule has 1 atom stereocenters. The molecular formula is C10H19O3. The Labute approximate surface area is 80.1 Å². The monoisotopic (exact) mass is 187 g/mol. The summed E-state index contributed by atoms with van der Waals surface area (Å²) in [6.07, 6.45) is 2.24. The molecule has 0 aromatic heterocycles. The maximum atomic E-state index is 10.4. The van der Waals surface area contributed by atoms with Gasteiger partial charge in [-0.15, -0.1) is 0 Å². The lowest BCUT2D eigenvalue weighted by Gasteiger charge is -2.27. The predicted molar refractivity (Wildman–Crippen MR) is 51.5 cm³/mol. The van der Waals surface area contributed by atoms with Gasteiger partial charge in [0.15, 0.2) is 0 Å². The predicted octanol–water partition coefficient (Wildman–Crippen LogP) is 2.26. The van der Waals surface area contributed by atoms with Gasteiger partial charge in [-0.2, -0.15) is 0 Å². The van der Waals surface area contributed by atoms with Crippen molar-refractivity contribution in [2.45, 2.75) is 45.1 Å². The molecule has 0 aliphatic rings. The van der Waals surface area contributed by atoms with Crippen molar-refractivity contribution in [1.29, 1.82) is 0 Å². The van der Waals surface area contributed by atoms with Crippen molar-refractivity contribution >= 4 is 5.97 Å². The van der Waals surface area contributed by atoms with Gasteiger partial charge in [0.1, 0.15) is 0 Å². The summed E-state index contributed by atoms with van der Waals surface area (Å²) in [5, 5.41) is 8.52. The zero-order chi connectivity index (χ0) is 10.3. The van der Waals surface area contributed by atoms with Crippen molar-refractivity contribution in [2.24, 2.45) is 0 Å². The van der Waals surface area contributed by atoms with E-state index in [1.165, 1.54) is 0 Å². The van der Waals surface area contributed by atoms with E-state index in [0.717, 1.165) is 6.42 Å². The zero-order valence-electron chi connectivity index (χ0n) is 8.51. The van der Waals surface area contributed by atoms with Crippen LogP contribution < -0.4 is 0 Å². The third-order valence-corrected chi connectivity index (χ3v) is 2.05. The van der Waals surface area contributed by atoms with Crippen LogP contribution in [0.2, 0.25) is 0 Å². The van der Waals surface area contributed by atoms with Crippen molar-refractivity contribution in [3.05, 3.63) is 6.92 Å². The van der Waals surface area contributed by atoms with Gasteiger partial charge < -0.3 is 9.84 Å². The number of ether oxygens (including phenoxy) is 1. The lowest BCUT2D eigenvalue weighted by molar-refractivity contribution is -0.139. The van der Waals surface area contributed by atoms with Crippen LogP contribution in [0.1, 0.15) is 39.5 Å².